The van der Waals surface area contributed by atoms with Gasteiger partial charge in [0.15, 0.2) is 0 Å². The molecule has 29 heavy (non-hydrogen) atoms. The molecule has 0 saturated heterocycles. The summed E-state index contributed by atoms with van der Waals surface area (Å²) in [5.74, 6) is 2.03. The average Bonchev–Trinajstić information content (AvgIpc) is 2.71. The molecule has 0 spiro atoms. The minimum absolute atomic E-state index is 0.521. The van der Waals surface area contributed by atoms with Crippen LogP contribution in [-0.4, -0.2) is 9.97 Å². The molecule has 5 heteroatoms. The van der Waals surface area contributed by atoms with Gasteiger partial charge in [0.05, 0.1) is 17.3 Å². The van der Waals surface area contributed by atoms with Crippen molar-refractivity contribution in [2.24, 2.45) is 0 Å². The molecule has 146 valence electrons. The molecular formula is C24H24N4O. The topological polar surface area (TPSA) is 70.8 Å². The molecule has 0 fully saturated rings. The lowest BCUT2D eigenvalue weighted by Gasteiger charge is -2.21. The summed E-state index contributed by atoms with van der Waals surface area (Å²) in [5, 5.41) is 12.2. The second-order valence-corrected chi connectivity index (χ2v) is 7.63. The summed E-state index contributed by atoms with van der Waals surface area (Å²) >= 11 is 0. The van der Waals surface area contributed by atoms with Gasteiger partial charge in [0, 0.05) is 11.3 Å². The Morgan fingerprint density at radius 1 is 0.966 bits per heavy atom. The van der Waals surface area contributed by atoms with Crippen molar-refractivity contribution in [3.63, 3.8) is 0 Å². The predicted molar refractivity (Wildman–Crippen MR) is 114 cm³/mol. The highest BCUT2D eigenvalue weighted by Gasteiger charge is 2.21. The molecule has 1 aliphatic carbocycles. The maximum atomic E-state index is 8.98. The number of aromatic nitrogens is 2. The molecule has 1 aliphatic rings. The van der Waals surface area contributed by atoms with Crippen molar-refractivity contribution < 1.29 is 4.74 Å². The van der Waals surface area contributed by atoms with E-state index in [9.17, 15) is 0 Å². The molecule has 0 radical (unpaired) electrons. The number of fused-ring (bicyclic) bond motifs is 1. The van der Waals surface area contributed by atoms with Crippen LogP contribution in [0.2, 0.25) is 0 Å². The Labute approximate surface area is 171 Å². The number of benzene rings is 2. The maximum Gasteiger partial charge on any atom is 0.230 e. The van der Waals surface area contributed by atoms with Crippen LogP contribution in [0.1, 0.15) is 46.4 Å². The van der Waals surface area contributed by atoms with E-state index in [-0.39, 0.29) is 0 Å². The van der Waals surface area contributed by atoms with Gasteiger partial charge >= 0.3 is 0 Å². The van der Waals surface area contributed by atoms with E-state index >= 15 is 0 Å². The first kappa shape index (κ1) is 18.9. The first-order valence-corrected chi connectivity index (χ1v) is 9.96. The molecular weight excluding hydrogens is 360 g/mol. The monoisotopic (exact) mass is 384 g/mol. The molecule has 1 N–H and O–H groups in total. The second-order valence-electron chi connectivity index (χ2n) is 7.63. The van der Waals surface area contributed by atoms with E-state index in [2.05, 4.69) is 44.3 Å². The fraction of sp³-hybridized carbons (Fsp3) is 0.292. The quantitative estimate of drug-likeness (QED) is 0.626. The molecule has 0 atom stereocenters. The van der Waals surface area contributed by atoms with Crippen LogP contribution in [0.15, 0.2) is 36.4 Å². The molecule has 2 aromatic carbocycles. The van der Waals surface area contributed by atoms with E-state index in [4.69, 9.17) is 20.0 Å². The molecule has 4 rings (SSSR count). The molecule has 0 unspecified atom stereocenters. The second kappa shape index (κ2) is 7.92. The minimum Gasteiger partial charge on any atom is -0.438 e. The van der Waals surface area contributed by atoms with Crippen LogP contribution in [-0.2, 0) is 12.8 Å². The summed E-state index contributed by atoms with van der Waals surface area (Å²) in [6.07, 6.45) is 4.12. The van der Waals surface area contributed by atoms with Crippen LogP contribution < -0.4 is 10.1 Å². The largest absolute Gasteiger partial charge is 0.438 e. The van der Waals surface area contributed by atoms with E-state index in [1.165, 1.54) is 5.56 Å². The van der Waals surface area contributed by atoms with Gasteiger partial charge in [-0.1, -0.05) is 17.7 Å². The fourth-order valence-corrected chi connectivity index (χ4v) is 3.88. The van der Waals surface area contributed by atoms with E-state index in [0.717, 1.165) is 59.5 Å². The third kappa shape index (κ3) is 4.07. The highest BCUT2D eigenvalue weighted by atomic mass is 16.5. The summed E-state index contributed by atoms with van der Waals surface area (Å²) in [6, 6.07) is 13.7. The van der Waals surface area contributed by atoms with Crippen molar-refractivity contribution in [3.05, 3.63) is 69.9 Å². The Morgan fingerprint density at radius 2 is 1.66 bits per heavy atom. The van der Waals surface area contributed by atoms with Crippen molar-refractivity contribution in [1.82, 2.24) is 9.97 Å². The van der Waals surface area contributed by atoms with Gasteiger partial charge < -0.3 is 10.1 Å². The third-order valence-corrected chi connectivity index (χ3v) is 5.22. The van der Waals surface area contributed by atoms with E-state index in [0.29, 0.717) is 17.4 Å². The Bertz CT molecular complexity index is 1070. The standard InChI is InChI=1S/C24H24N4O/c1-15-12-16(2)22(17(3)13-15)29-23-20-6-4-5-7-21(20)27-24(28-23)26-19-10-8-18(14-25)9-11-19/h8-13H,4-7H2,1-3H3,(H,26,27,28). The van der Waals surface area contributed by atoms with Gasteiger partial charge in [-0.2, -0.15) is 10.2 Å². The maximum absolute atomic E-state index is 8.98. The number of rotatable bonds is 4. The number of hydrogen-bond acceptors (Lipinski definition) is 5. The highest BCUT2D eigenvalue weighted by Crippen LogP contribution is 2.35. The number of nitrogens with zero attached hydrogens (tertiary/aromatic N) is 3. The van der Waals surface area contributed by atoms with Crippen LogP contribution in [0.4, 0.5) is 11.6 Å². The predicted octanol–water partition coefficient (Wildman–Crippen LogP) is 5.69. The Balaban J connectivity index is 1.71. The van der Waals surface area contributed by atoms with Gasteiger partial charge in [-0.3, -0.25) is 0 Å². The number of anilines is 2. The van der Waals surface area contributed by atoms with Crippen molar-refractivity contribution in [2.75, 3.05) is 5.32 Å². The smallest absolute Gasteiger partial charge is 0.230 e. The third-order valence-electron chi connectivity index (χ3n) is 5.22. The zero-order valence-electron chi connectivity index (χ0n) is 17.0. The summed E-state index contributed by atoms with van der Waals surface area (Å²) in [7, 11) is 0. The van der Waals surface area contributed by atoms with Gasteiger partial charge in [-0.25, -0.2) is 4.98 Å². The number of hydrogen-bond donors (Lipinski definition) is 1. The number of nitriles is 1. The molecule has 5 nitrogen and oxygen atoms in total. The summed E-state index contributed by atoms with van der Waals surface area (Å²) in [5.41, 5.74) is 7.06. The first-order valence-electron chi connectivity index (χ1n) is 9.96. The van der Waals surface area contributed by atoms with E-state index in [1.54, 1.807) is 12.1 Å². The lowest BCUT2D eigenvalue weighted by molar-refractivity contribution is 0.442. The van der Waals surface area contributed by atoms with Gasteiger partial charge in [0.1, 0.15) is 5.75 Å². The van der Waals surface area contributed by atoms with Gasteiger partial charge in [-0.15, -0.1) is 0 Å². The molecule has 0 bridgehead atoms. The normalized spacial score (nSPS) is 12.8. The van der Waals surface area contributed by atoms with Crippen LogP contribution in [0.25, 0.3) is 0 Å². The van der Waals surface area contributed by atoms with Crippen molar-refractivity contribution in [3.8, 4) is 17.7 Å². The van der Waals surface area contributed by atoms with Crippen LogP contribution in [0.3, 0.4) is 0 Å². The highest BCUT2D eigenvalue weighted by molar-refractivity contribution is 5.56. The van der Waals surface area contributed by atoms with E-state index in [1.807, 2.05) is 12.1 Å². The Hall–Kier alpha value is -3.39. The molecule has 1 aromatic heterocycles. The number of aryl methyl sites for hydroxylation is 4. The first-order chi connectivity index (χ1) is 14.0. The number of ether oxygens (including phenoxy) is 1. The average molecular weight is 384 g/mol. The fourth-order valence-electron chi connectivity index (χ4n) is 3.88. The molecule has 3 aromatic rings. The Morgan fingerprint density at radius 3 is 2.34 bits per heavy atom. The molecule has 1 heterocycles. The van der Waals surface area contributed by atoms with Crippen molar-refractivity contribution >= 4 is 11.6 Å². The van der Waals surface area contributed by atoms with Crippen molar-refractivity contribution in [2.45, 2.75) is 46.5 Å². The molecule has 0 saturated carbocycles. The summed E-state index contributed by atoms with van der Waals surface area (Å²) < 4.78 is 6.37. The van der Waals surface area contributed by atoms with Gasteiger partial charge in [0.2, 0.25) is 11.8 Å². The van der Waals surface area contributed by atoms with Gasteiger partial charge in [0.25, 0.3) is 0 Å². The zero-order chi connectivity index (χ0) is 20.4. The lowest BCUT2D eigenvalue weighted by atomic mass is 9.97. The minimum atomic E-state index is 0.521. The molecule has 0 amide bonds. The zero-order valence-corrected chi connectivity index (χ0v) is 17.0. The van der Waals surface area contributed by atoms with Crippen molar-refractivity contribution in [1.29, 1.82) is 5.26 Å². The summed E-state index contributed by atoms with van der Waals surface area (Å²) in [6.45, 7) is 6.23. The van der Waals surface area contributed by atoms with E-state index < -0.39 is 0 Å². The lowest BCUT2D eigenvalue weighted by Crippen LogP contribution is -2.11. The van der Waals surface area contributed by atoms with Crippen LogP contribution in [0, 0.1) is 32.1 Å². The summed E-state index contributed by atoms with van der Waals surface area (Å²) in [4.78, 5) is 9.46. The number of nitrogens with one attached hydrogen (secondary N) is 1. The van der Waals surface area contributed by atoms with Crippen LogP contribution >= 0.6 is 0 Å². The Kier molecular flexibility index (Phi) is 5.18. The van der Waals surface area contributed by atoms with Gasteiger partial charge in [-0.05, 0) is 81.8 Å². The SMILES string of the molecule is Cc1cc(C)c(Oc2nc(Nc3ccc(C#N)cc3)nc3c2CCCC3)c(C)c1. The van der Waals surface area contributed by atoms with Crippen LogP contribution in [0.5, 0.6) is 11.6 Å². The molecule has 0 aliphatic heterocycles.